The number of sulfonamides is 1. The van der Waals surface area contributed by atoms with Crippen LogP contribution in [-0.4, -0.2) is 57.1 Å². The summed E-state index contributed by atoms with van der Waals surface area (Å²) in [5.74, 6) is -3.78. The number of hydrogen-bond acceptors (Lipinski definition) is 6. The molecule has 0 unspecified atom stereocenters. The molecule has 49 heavy (non-hydrogen) atoms. The third kappa shape index (κ3) is 7.85. The Kier molecular flexibility index (Phi) is 10.5. The lowest BCUT2D eigenvalue weighted by atomic mass is 9.96. The molecule has 3 N–H and O–H groups in total. The average molecular weight is 712 g/mol. The van der Waals surface area contributed by atoms with Crippen molar-refractivity contribution in [1.82, 2.24) is 9.62 Å². The van der Waals surface area contributed by atoms with Crippen molar-refractivity contribution in [2.24, 2.45) is 5.73 Å². The van der Waals surface area contributed by atoms with Crippen molar-refractivity contribution in [2.45, 2.75) is 74.5 Å². The van der Waals surface area contributed by atoms with Crippen LogP contribution < -0.4 is 19.9 Å². The number of benzene rings is 4. The molecule has 1 saturated heterocycles. The topological polar surface area (TPSA) is 111 Å². The van der Waals surface area contributed by atoms with E-state index in [0.717, 1.165) is 31.1 Å². The average Bonchev–Trinajstić information content (AvgIpc) is 3.61. The molecule has 4 aromatic rings. The molecule has 260 valence electrons. The number of rotatable bonds is 11. The summed E-state index contributed by atoms with van der Waals surface area (Å²) in [6.07, 6.45) is 5.26. The predicted octanol–water partition coefficient (Wildman–Crippen LogP) is 7.27. The number of nitrogens with one attached hydrogen (secondary N) is 1. The first-order chi connectivity index (χ1) is 23.4. The number of ether oxygens (including phenoxy) is 2. The number of piperidine rings is 1. The lowest BCUT2D eigenvalue weighted by Gasteiger charge is -2.35. The summed E-state index contributed by atoms with van der Waals surface area (Å²) in [4.78, 5) is 14.8. The molecule has 8 nitrogen and oxygen atoms in total. The number of carbonyl (C=O) groups is 1. The molecule has 2 fully saturated rings. The minimum Gasteiger partial charge on any atom is -0.492 e. The van der Waals surface area contributed by atoms with Crippen molar-refractivity contribution in [1.29, 1.82) is 0 Å². The number of halogens is 3. The van der Waals surface area contributed by atoms with Crippen molar-refractivity contribution in [2.75, 3.05) is 19.7 Å². The summed E-state index contributed by atoms with van der Waals surface area (Å²) >= 11 is 6.22. The Morgan fingerprint density at radius 3 is 2.29 bits per heavy atom. The second-order valence-electron chi connectivity index (χ2n) is 12.7. The van der Waals surface area contributed by atoms with Crippen molar-refractivity contribution in [3.63, 3.8) is 0 Å². The lowest BCUT2D eigenvalue weighted by Crippen LogP contribution is -2.57. The quantitative estimate of drug-likeness (QED) is 0.169. The Bertz CT molecular complexity index is 1910. The van der Waals surface area contributed by atoms with Gasteiger partial charge in [-0.3, -0.25) is 4.79 Å². The molecule has 12 heteroatoms. The Morgan fingerprint density at radius 2 is 1.59 bits per heavy atom. The minimum absolute atomic E-state index is 0.146. The second kappa shape index (κ2) is 14.6. The van der Waals surface area contributed by atoms with E-state index in [1.807, 2.05) is 13.0 Å². The molecule has 1 heterocycles. The van der Waals surface area contributed by atoms with E-state index in [1.54, 1.807) is 36.4 Å². The maximum Gasteiger partial charge on any atom is 0.298 e. The summed E-state index contributed by atoms with van der Waals surface area (Å²) in [5, 5.41) is 1.75. The van der Waals surface area contributed by atoms with E-state index in [9.17, 15) is 13.2 Å². The Labute approximate surface area is 290 Å². The van der Waals surface area contributed by atoms with Crippen LogP contribution in [0.5, 0.6) is 11.5 Å². The van der Waals surface area contributed by atoms with Gasteiger partial charge in [0, 0.05) is 24.7 Å². The zero-order chi connectivity index (χ0) is 34.8. The highest BCUT2D eigenvalue weighted by Crippen LogP contribution is 2.37. The molecule has 1 saturated carbocycles. The van der Waals surface area contributed by atoms with Gasteiger partial charge in [-0.25, -0.2) is 8.42 Å². The molecule has 2 aliphatic rings. The number of nitrogens with two attached hydrogens (primary N) is 1. The lowest BCUT2D eigenvalue weighted by molar-refractivity contribution is -0.145. The van der Waals surface area contributed by atoms with E-state index in [-0.39, 0.29) is 30.1 Å². The molecule has 1 aliphatic heterocycles. The Hall–Kier alpha value is -3.77. The zero-order valence-corrected chi connectivity index (χ0v) is 28.8. The van der Waals surface area contributed by atoms with Gasteiger partial charge in [0.25, 0.3) is 5.92 Å². The molecule has 1 amide bonds. The molecule has 4 aromatic carbocycles. The van der Waals surface area contributed by atoms with Crippen LogP contribution in [0.1, 0.15) is 51.0 Å². The highest BCUT2D eigenvalue weighted by Gasteiger charge is 2.50. The number of hydrogen-bond donors (Lipinski definition) is 2. The first-order valence-corrected chi connectivity index (χ1v) is 18.5. The van der Waals surface area contributed by atoms with Crippen LogP contribution in [0.4, 0.5) is 8.78 Å². The monoisotopic (exact) mass is 711 g/mol. The summed E-state index contributed by atoms with van der Waals surface area (Å²) in [7, 11) is -4.59. The number of amides is 1. The van der Waals surface area contributed by atoms with Crippen molar-refractivity contribution >= 4 is 38.3 Å². The molecule has 0 spiro atoms. The maximum absolute atomic E-state index is 16.5. The highest BCUT2D eigenvalue weighted by atomic mass is 35.5. The third-order valence-corrected chi connectivity index (χ3v) is 11.0. The largest absolute Gasteiger partial charge is 0.492 e. The van der Waals surface area contributed by atoms with Crippen LogP contribution in [0.25, 0.3) is 21.9 Å². The maximum atomic E-state index is 16.5. The fraction of sp³-hybridized carbons (Fsp3) is 0.378. The zero-order valence-electron chi connectivity index (χ0n) is 27.2. The first-order valence-electron chi connectivity index (χ1n) is 16.6. The van der Waals surface area contributed by atoms with E-state index in [4.69, 9.17) is 26.8 Å². The molecule has 1 aliphatic carbocycles. The summed E-state index contributed by atoms with van der Waals surface area (Å²) in [6, 6.07) is 17.7. The van der Waals surface area contributed by atoms with Crippen molar-refractivity contribution in [3.05, 3.63) is 89.4 Å². The van der Waals surface area contributed by atoms with E-state index in [0.29, 0.717) is 52.5 Å². The summed E-state index contributed by atoms with van der Waals surface area (Å²) < 4.78 is 74.3. The van der Waals surface area contributed by atoms with Crippen LogP contribution in [0.15, 0.2) is 83.8 Å². The fourth-order valence-electron chi connectivity index (χ4n) is 6.45. The third-order valence-electron chi connectivity index (χ3n) is 9.27. The van der Waals surface area contributed by atoms with Crippen molar-refractivity contribution < 1.29 is 31.5 Å². The van der Waals surface area contributed by atoms with Crippen molar-refractivity contribution in [3.8, 4) is 22.6 Å². The van der Waals surface area contributed by atoms with E-state index < -0.39 is 33.5 Å². The van der Waals surface area contributed by atoms with Gasteiger partial charge in [-0.2, -0.15) is 13.5 Å². The van der Waals surface area contributed by atoms with Gasteiger partial charge in [0.05, 0.1) is 22.6 Å². The minimum atomic E-state index is -4.59. The molecule has 0 radical (unpaired) electrons. The SMILES string of the molecule is CCOc1cc(-c2ccc(C(F)(F)[C@@H](NS(=O)(=O)c3ccc4cc(OC5CCCC5)ccc4c3)C(=O)N3CCC(N)CC3)cc2)ccc1Cl. The molecular formula is C37H40ClF2N3O5S. The molecule has 1 atom stereocenters. The Balaban J connectivity index is 1.29. The van der Waals surface area contributed by atoms with Gasteiger partial charge < -0.3 is 20.1 Å². The van der Waals surface area contributed by atoms with Gasteiger partial charge in [-0.1, -0.05) is 54.1 Å². The van der Waals surface area contributed by atoms with Gasteiger partial charge in [-0.05, 0) is 104 Å². The van der Waals surface area contributed by atoms with Gasteiger partial charge in [-0.15, -0.1) is 0 Å². The molecular weight excluding hydrogens is 672 g/mol. The number of alkyl halides is 2. The molecule has 0 aromatic heterocycles. The van der Waals surface area contributed by atoms with Gasteiger partial charge >= 0.3 is 0 Å². The highest BCUT2D eigenvalue weighted by molar-refractivity contribution is 7.89. The number of nitrogens with zero attached hydrogens (tertiary/aromatic N) is 1. The first kappa shape index (κ1) is 35.1. The predicted molar refractivity (Wildman–Crippen MR) is 187 cm³/mol. The normalized spacial score (nSPS) is 17.0. The van der Waals surface area contributed by atoms with E-state index in [1.165, 1.54) is 41.3 Å². The smallest absolute Gasteiger partial charge is 0.298 e. The van der Waals surface area contributed by atoms with E-state index >= 15 is 8.78 Å². The summed E-state index contributed by atoms with van der Waals surface area (Å²) in [6.45, 7) is 2.52. The van der Waals surface area contributed by atoms with Gasteiger partial charge in [0.2, 0.25) is 15.9 Å². The number of carbonyl (C=O) groups excluding carboxylic acids is 1. The van der Waals surface area contributed by atoms with Crippen LogP contribution in [0.2, 0.25) is 5.02 Å². The van der Waals surface area contributed by atoms with Gasteiger partial charge in [0.1, 0.15) is 11.5 Å². The van der Waals surface area contributed by atoms with Crippen LogP contribution in [0.3, 0.4) is 0 Å². The molecule has 0 bridgehead atoms. The van der Waals surface area contributed by atoms with Crippen LogP contribution in [0, 0.1) is 0 Å². The number of likely N-dealkylation sites (tertiary alicyclic amines) is 1. The standard InChI is InChI=1S/C37H40ClF2N3O5S/c1-2-47-34-23-27(11-16-33(34)38)24-7-12-28(13-8-24)37(39,40)35(36(44)43-19-17-29(41)18-20-43)42-49(45,46)32-15-10-25-21-31(14-9-26(25)22-32)48-30-5-3-4-6-30/h7-16,21-23,29-30,35,42H,2-6,17-20,41H2,1H3/t35-/m0/s1. The van der Waals surface area contributed by atoms with E-state index in [2.05, 4.69) is 4.72 Å². The van der Waals surface area contributed by atoms with Crippen LogP contribution in [-0.2, 0) is 20.7 Å². The fourth-order valence-corrected chi connectivity index (χ4v) is 7.84. The molecule has 6 rings (SSSR count). The van der Waals surface area contributed by atoms with Gasteiger partial charge in [0.15, 0.2) is 6.04 Å². The summed E-state index contributed by atoms with van der Waals surface area (Å²) in [5.41, 5.74) is 6.78. The second-order valence-corrected chi connectivity index (χ2v) is 14.8. The van der Waals surface area contributed by atoms with Crippen LogP contribution >= 0.6 is 11.6 Å². The Morgan fingerprint density at radius 1 is 0.939 bits per heavy atom. The number of fused-ring (bicyclic) bond motifs is 1.